The molecule has 0 atom stereocenters. The SMILES string of the molecule is COc1ccccc1NC(=O)c1cc(SCC(=O)N2CCC(c3ccccc3)=N2)nc2ccccc12. The van der Waals surface area contributed by atoms with E-state index in [1.54, 1.807) is 25.3 Å². The molecular weight excluding hydrogens is 472 g/mol. The molecule has 7 nitrogen and oxygen atoms in total. The molecule has 2 amide bonds. The van der Waals surface area contributed by atoms with Crippen LogP contribution in [0.1, 0.15) is 22.3 Å². The van der Waals surface area contributed by atoms with E-state index in [0.29, 0.717) is 34.1 Å². The van der Waals surface area contributed by atoms with Crippen molar-refractivity contribution < 1.29 is 14.3 Å². The number of thioether (sulfide) groups is 1. The van der Waals surface area contributed by atoms with E-state index in [1.807, 2.05) is 66.7 Å². The Morgan fingerprint density at radius 1 is 1.00 bits per heavy atom. The van der Waals surface area contributed by atoms with E-state index in [4.69, 9.17) is 4.74 Å². The van der Waals surface area contributed by atoms with Gasteiger partial charge in [0.25, 0.3) is 11.8 Å². The molecule has 1 aliphatic heterocycles. The highest BCUT2D eigenvalue weighted by molar-refractivity contribution is 7.99. The summed E-state index contributed by atoms with van der Waals surface area (Å²) < 4.78 is 5.36. The van der Waals surface area contributed by atoms with Crippen LogP contribution in [-0.2, 0) is 4.79 Å². The molecule has 8 heteroatoms. The van der Waals surface area contributed by atoms with Gasteiger partial charge >= 0.3 is 0 Å². The zero-order valence-electron chi connectivity index (χ0n) is 19.7. The fourth-order valence-electron chi connectivity index (χ4n) is 4.03. The summed E-state index contributed by atoms with van der Waals surface area (Å²) in [5, 5.41) is 10.3. The maximum absolute atomic E-state index is 13.3. The zero-order chi connectivity index (χ0) is 24.9. The van der Waals surface area contributed by atoms with Crippen molar-refractivity contribution in [3.63, 3.8) is 0 Å². The third-order valence-electron chi connectivity index (χ3n) is 5.83. The number of para-hydroxylation sites is 3. The van der Waals surface area contributed by atoms with Crippen molar-refractivity contribution >= 4 is 45.9 Å². The number of ether oxygens (including phenoxy) is 1. The van der Waals surface area contributed by atoms with Crippen LogP contribution in [0.15, 0.2) is 95.1 Å². The molecule has 1 aromatic heterocycles. The predicted molar refractivity (Wildman–Crippen MR) is 143 cm³/mol. The lowest BCUT2D eigenvalue weighted by molar-refractivity contribution is -0.127. The maximum atomic E-state index is 13.3. The highest BCUT2D eigenvalue weighted by atomic mass is 32.2. The fraction of sp³-hybridized carbons (Fsp3) is 0.143. The first-order valence-corrected chi connectivity index (χ1v) is 12.5. The van der Waals surface area contributed by atoms with E-state index in [1.165, 1.54) is 16.8 Å². The Balaban J connectivity index is 1.34. The number of nitrogens with zero attached hydrogens (tertiary/aromatic N) is 3. The molecular formula is C28H24N4O3S. The molecule has 3 aromatic carbocycles. The van der Waals surface area contributed by atoms with Gasteiger partial charge in [-0.2, -0.15) is 5.10 Å². The number of aromatic nitrogens is 1. The van der Waals surface area contributed by atoms with Gasteiger partial charge in [-0.1, -0.05) is 72.4 Å². The zero-order valence-corrected chi connectivity index (χ0v) is 20.5. The van der Waals surface area contributed by atoms with Gasteiger partial charge in [0.2, 0.25) is 0 Å². The molecule has 5 rings (SSSR count). The maximum Gasteiger partial charge on any atom is 0.256 e. The smallest absolute Gasteiger partial charge is 0.256 e. The van der Waals surface area contributed by atoms with Crippen LogP contribution in [0.5, 0.6) is 5.75 Å². The van der Waals surface area contributed by atoms with Crippen LogP contribution in [0, 0.1) is 0 Å². The first-order valence-electron chi connectivity index (χ1n) is 11.5. The number of nitrogens with one attached hydrogen (secondary N) is 1. The summed E-state index contributed by atoms with van der Waals surface area (Å²) in [7, 11) is 1.56. The van der Waals surface area contributed by atoms with Crippen molar-refractivity contribution in [2.24, 2.45) is 5.10 Å². The monoisotopic (exact) mass is 496 g/mol. The van der Waals surface area contributed by atoms with Gasteiger partial charge in [0.15, 0.2) is 0 Å². The van der Waals surface area contributed by atoms with Crippen LogP contribution in [-0.4, -0.2) is 46.9 Å². The standard InChI is InChI=1S/C28H24N4O3S/c1-35-25-14-8-7-13-24(25)30-28(34)21-17-26(29-23-12-6-5-11-20(21)23)36-18-27(33)32-16-15-22(31-32)19-9-3-2-4-10-19/h2-14,17H,15-16,18H2,1H3,(H,30,34). The Hall–Kier alpha value is -4.17. The number of hydrogen-bond donors (Lipinski definition) is 1. The molecule has 0 radical (unpaired) electrons. The van der Waals surface area contributed by atoms with Crippen molar-refractivity contribution in [1.29, 1.82) is 0 Å². The molecule has 0 saturated carbocycles. The average molecular weight is 497 g/mol. The van der Waals surface area contributed by atoms with Crippen LogP contribution in [0.2, 0.25) is 0 Å². The summed E-state index contributed by atoms with van der Waals surface area (Å²) in [4.78, 5) is 30.8. The summed E-state index contributed by atoms with van der Waals surface area (Å²) in [5.74, 6) is 0.374. The molecule has 1 aliphatic rings. The summed E-state index contributed by atoms with van der Waals surface area (Å²) in [6.45, 7) is 0.557. The molecule has 0 bridgehead atoms. The number of hydrazone groups is 1. The summed E-state index contributed by atoms with van der Waals surface area (Å²) in [6, 6.07) is 26.3. The Bertz CT molecular complexity index is 1460. The second-order valence-corrected chi connectivity index (χ2v) is 9.14. The van der Waals surface area contributed by atoms with E-state index in [9.17, 15) is 9.59 Å². The predicted octanol–water partition coefficient (Wildman–Crippen LogP) is 5.22. The van der Waals surface area contributed by atoms with E-state index in [0.717, 1.165) is 23.1 Å². The second-order valence-electron chi connectivity index (χ2n) is 8.15. The van der Waals surface area contributed by atoms with E-state index < -0.39 is 0 Å². The molecule has 4 aromatic rings. The van der Waals surface area contributed by atoms with E-state index >= 15 is 0 Å². The molecule has 2 heterocycles. The number of carbonyl (C=O) groups is 2. The van der Waals surface area contributed by atoms with Gasteiger partial charge in [0.05, 0.1) is 46.9 Å². The lowest BCUT2D eigenvalue weighted by Gasteiger charge is -2.13. The Morgan fingerprint density at radius 3 is 2.58 bits per heavy atom. The summed E-state index contributed by atoms with van der Waals surface area (Å²) in [5.41, 5.74) is 3.68. The van der Waals surface area contributed by atoms with Gasteiger partial charge < -0.3 is 10.1 Å². The van der Waals surface area contributed by atoms with Crippen molar-refractivity contribution in [2.75, 3.05) is 24.7 Å². The largest absolute Gasteiger partial charge is 0.495 e. The Labute approximate surface area is 213 Å². The summed E-state index contributed by atoms with van der Waals surface area (Å²) >= 11 is 1.30. The highest BCUT2D eigenvalue weighted by Gasteiger charge is 2.22. The van der Waals surface area contributed by atoms with Gasteiger partial charge in [0.1, 0.15) is 5.75 Å². The number of hydrogen-bond acceptors (Lipinski definition) is 6. The van der Waals surface area contributed by atoms with E-state index in [-0.39, 0.29) is 17.6 Å². The topological polar surface area (TPSA) is 83.9 Å². The van der Waals surface area contributed by atoms with Crippen molar-refractivity contribution in [3.8, 4) is 5.75 Å². The van der Waals surface area contributed by atoms with Crippen molar-refractivity contribution in [1.82, 2.24) is 9.99 Å². The highest BCUT2D eigenvalue weighted by Crippen LogP contribution is 2.28. The number of carbonyl (C=O) groups excluding carboxylic acids is 2. The van der Waals surface area contributed by atoms with Crippen LogP contribution >= 0.6 is 11.8 Å². The van der Waals surface area contributed by atoms with E-state index in [2.05, 4.69) is 15.4 Å². The Kier molecular flexibility index (Phi) is 6.95. The molecule has 0 aliphatic carbocycles. The number of fused-ring (bicyclic) bond motifs is 1. The van der Waals surface area contributed by atoms with Crippen LogP contribution < -0.4 is 10.1 Å². The van der Waals surface area contributed by atoms with Gasteiger partial charge in [-0.15, -0.1) is 0 Å². The van der Waals surface area contributed by atoms with Gasteiger partial charge in [-0.3, -0.25) is 9.59 Å². The lowest BCUT2D eigenvalue weighted by atomic mass is 10.1. The van der Waals surface area contributed by atoms with Crippen molar-refractivity contribution in [3.05, 3.63) is 96.1 Å². The lowest BCUT2D eigenvalue weighted by Crippen LogP contribution is -2.25. The normalized spacial score (nSPS) is 12.9. The van der Waals surface area contributed by atoms with Gasteiger partial charge in [-0.25, -0.2) is 9.99 Å². The first-order chi connectivity index (χ1) is 17.6. The molecule has 0 saturated heterocycles. The third-order valence-corrected chi connectivity index (χ3v) is 6.73. The van der Waals surface area contributed by atoms with Gasteiger partial charge in [-0.05, 0) is 29.8 Å². The number of anilines is 1. The molecule has 1 N–H and O–H groups in total. The minimum absolute atomic E-state index is 0.0964. The van der Waals surface area contributed by atoms with Crippen LogP contribution in [0.4, 0.5) is 5.69 Å². The first kappa shape index (κ1) is 23.6. The molecule has 180 valence electrons. The number of methoxy groups -OCH3 is 1. The molecule has 0 unspecified atom stereocenters. The number of amides is 2. The minimum atomic E-state index is -0.275. The quantitative estimate of drug-likeness (QED) is 0.355. The minimum Gasteiger partial charge on any atom is -0.495 e. The molecule has 0 fully saturated rings. The van der Waals surface area contributed by atoms with Crippen molar-refractivity contribution in [2.45, 2.75) is 11.4 Å². The number of pyridine rings is 1. The Morgan fingerprint density at radius 2 is 1.75 bits per heavy atom. The second kappa shape index (κ2) is 10.6. The average Bonchev–Trinajstić information content (AvgIpc) is 3.42. The molecule has 36 heavy (non-hydrogen) atoms. The number of benzene rings is 3. The van der Waals surface area contributed by atoms with Crippen LogP contribution in [0.3, 0.4) is 0 Å². The van der Waals surface area contributed by atoms with Crippen LogP contribution in [0.25, 0.3) is 10.9 Å². The summed E-state index contributed by atoms with van der Waals surface area (Å²) in [6.07, 6.45) is 0.724. The third kappa shape index (κ3) is 5.08. The molecule has 0 spiro atoms. The van der Waals surface area contributed by atoms with Gasteiger partial charge in [0, 0.05) is 11.8 Å². The number of rotatable bonds is 7. The fourth-order valence-corrected chi connectivity index (χ4v) is 4.82.